The van der Waals surface area contributed by atoms with Gasteiger partial charge in [-0.2, -0.15) is 9.50 Å². The lowest BCUT2D eigenvalue weighted by Crippen LogP contribution is -2.71. The zero-order chi connectivity index (χ0) is 41.3. The lowest BCUT2D eigenvalue weighted by Gasteiger charge is -2.49. The third kappa shape index (κ3) is 8.23. The Morgan fingerprint density at radius 2 is 1.82 bits per heavy atom. The number of nitrogens with one attached hydrogen (secondary N) is 4. The minimum atomic E-state index is -1.84. The number of benzene rings is 1. The average Bonchev–Trinajstić information content (AvgIpc) is 3.78. The first-order valence-corrected chi connectivity index (χ1v) is 19.0. The molecule has 2 aliphatic heterocycles. The summed E-state index contributed by atoms with van der Waals surface area (Å²) in [5, 5.41) is 50.0. The molecule has 26 heteroatoms. The molecular formula is C31H30N12O11S3. The average molecular weight is 843 g/mol. The summed E-state index contributed by atoms with van der Waals surface area (Å²) in [6.07, 6.45) is 0. The number of aliphatic carboxylic acids is 1. The van der Waals surface area contributed by atoms with Gasteiger partial charge in [-0.05, 0) is 44.5 Å². The van der Waals surface area contributed by atoms with Crippen LogP contribution in [-0.2, 0) is 24.0 Å². The van der Waals surface area contributed by atoms with Gasteiger partial charge < -0.3 is 31.2 Å². The molecule has 1 fully saturated rings. The molecule has 10 N–H and O–H groups in total. The number of anilines is 1. The van der Waals surface area contributed by atoms with Gasteiger partial charge in [0.05, 0.1) is 0 Å². The number of hydroxylamine groups is 1. The van der Waals surface area contributed by atoms with Crippen molar-refractivity contribution in [3.05, 3.63) is 63.7 Å². The number of β-lactam (4-membered cyclic amide) rings is 1. The van der Waals surface area contributed by atoms with Gasteiger partial charge in [0.2, 0.25) is 5.60 Å². The summed E-state index contributed by atoms with van der Waals surface area (Å²) in [6, 6.07) is 3.38. The number of oxime groups is 1. The number of phenols is 2. The van der Waals surface area contributed by atoms with Gasteiger partial charge in [0.15, 0.2) is 22.3 Å². The number of hydrazine groups is 1. The van der Waals surface area contributed by atoms with Crippen LogP contribution >= 0.6 is 34.9 Å². The number of carbonyl (C=O) groups is 6. The number of hydrogen-bond acceptors (Lipinski definition) is 19. The van der Waals surface area contributed by atoms with Gasteiger partial charge in [-0.15, -0.1) is 40.0 Å². The van der Waals surface area contributed by atoms with Gasteiger partial charge in [0, 0.05) is 28.5 Å². The van der Waals surface area contributed by atoms with Gasteiger partial charge in [0.25, 0.3) is 35.3 Å². The quantitative estimate of drug-likeness (QED) is 0.0165. The second-order valence-corrected chi connectivity index (χ2v) is 15.4. The van der Waals surface area contributed by atoms with Crippen LogP contribution in [0, 0.1) is 6.92 Å². The highest BCUT2D eigenvalue weighted by Crippen LogP contribution is 2.42. The number of aromatic nitrogens is 5. The van der Waals surface area contributed by atoms with E-state index in [1.165, 1.54) is 53.1 Å². The van der Waals surface area contributed by atoms with Crippen LogP contribution < -0.4 is 27.4 Å². The molecule has 0 unspecified atom stereocenters. The number of thioether (sulfide) groups is 2. The first-order valence-electron chi connectivity index (χ1n) is 16.1. The largest absolute Gasteiger partial charge is 0.504 e. The normalized spacial score (nSPS) is 16.7. The highest BCUT2D eigenvalue weighted by Gasteiger charge is 2.54. The Hall–Kier alpha value is -6.51. The SMILES string of the molecule is Cc1nc2nc(C(=O)NO)cc(SCC3=C(C(=O)O)N4C(=O)[C@@H](NC(=O)/C(=N\OC(C)(C)C(=O)NNC(=O)c5ccc(O)c(O)c5)c5csc(N)n5)[C@H]4SC3)n2n1. The highest BCUT2D eigenvalue weighted by atomic mass is 32.2. The number of thiazole rings is 1. The zero-order valence-corrected chi connectivity index (χ0v) is 32.0. The van der Waals surface area contributed by atoms with Gasteiger partial charge in [0.1, 0.15) is 39.4 Å². The van der Waals surface area contributed by atoms with Crippen molar-refractivity contribution in [2.24, 2.45) is 5.16 Å². The van der Waals surface area contributed by atoms with E-state index in [2.05, 4.69) is 41.4 Å². The number of rotatable bonds is 12. The van der Waals surface area contributed by atoms with E-state index in [-0.39, 0.29) is 45.1 Å². The molecule has 2 atom stereocenters. The van der Waals surface area contributed by atoms with E-state index in [0.717, 1.165) is 40.1 Å². The second-order valence-electron chi connectivity index (χ2n) is 12.4. The number of nitrogens with zero attached hydrogens (tertiary/aromatic N) is 7. The third-order valence-electron chi connectivity index (χ3n) is 8.07. The van der Waals surface area contributed by atoms with E-state index in [4.69, 9.17) is 15.8 Å². The van der Waals surface area contributed by atoms with Crippen LogP contribution in [0.15, 0.2) is 51.1 Å². The maximum atomic E-state index is 13.7. The number of nitrogen functional groups attached to an aromatic ring is 1. The van der Waals surface area contributed by atoms with Gasteiger partial charge >= 0.3 is 5.97 Å². The molecule has 0 spiro atoms. The van der Waals surface area contributed by atoms with E-state index in [1.807, 2.05) is 0 Å². The van der Waals surface area contributed by atoms with Crippen LogP contribution in [-0.4, -0.2) is 120 Å². The molecule has 0 bridgehead atoms. The standard InChI is InChI=1S/C31H30N12O11S3/c1-11-33-30-35-14(23(47)40-53)7-18(43(30)39-11)55-8-13-9-56-26-20(25(49)42(26)21(13)27(50)51)36-24(48)19(15-10-57-29(32)34-15)41-54-31(2,3)28(52)38-37-22(46)12-4-5-16(44)17(45)6-12/h4-7,10,20,26,44-45,53H,8-9H2,1-3H3,(H2,32,34)(H,36,48)(H,37,46)(H,38,52)(H,40,47)(H,50,51)/b41-19-/t20-,26-/m1/s1. The molecule has 6 rings (SSSR count). The minimum Gasteiger partial charge on any atom is -0.504 e. The first kappa shape index (κ1) is 40.2. The molecule has 0 aliphatic carbocycles. The number of carboxylic acid groups (broad SMARTS) is 1. The number of fused-ring (bicyclic) bond motifs is 2. The minimum absolute atomic E-state index is 0.0349. The van der Waals surface area contributed by atoms with Crippen molar-refractivity contribution in [1.82, 2.24) is 51.1 Å². The molecule has 298 valence electrons. The van der Waals surface area contributed by atoms with Crippen LogP contribution in [0.4, 0.5) is 5.13 Å². The molecule has 0 radical (unpaired) electrons. The highest BCUT2D eigenvalue weighted by molar-refractivity contribution is 8.01. The van der Waals surface area contributed by atoms with Crippen molar-refractivity contribution in [2.75, 3.05) is 17.2 Å². The fourth-order valence-corrected chi connectivity index (χ4v) is 8.21. The summed E-state index contributed by atoms with van der Waals surface area (Å²) in [6.45, 7) is 4.15. The van der Waals surface area contributed by atoms with E-state index >= 15 is 0 Å². The molecule has 5 heterocycles. The molecule has 5 amide bonds. The van der Waals surface area contributed by atoms with Crippen molar-refractivity contribution >= 4 is 87.0 Å². The van der Waals surface area contributed by atoms with Crippen molar-refractivity contribution in [2.45, 2.75) is 42.8 Å². The summed E-state index contributed by atoms with van der Waals surface area (Å²) in [4.78, 5) is 96.0. The summed E-state index contributed by atoms with van der Waals surface area (Å²) in [5.41, 5.74) is 8.98. The fourth-order valence-electron chi connectivity index (χ4n) is 5.19. The number of aromatic hydroxyl groups is 2. The molecule has 1 saturated heterocycles. The molecule has 0 saturated carbocycles. The predicted molar refractivity (Wildman–Crippen MR) is 199 cm³/mol. The van der Waals surface area contributed by atoms with Crippen LogP contribution in [0.2, 0.25) is 0 Å². The summed E-state index contributed by atoms with van der Waals surface area (Å²) in [5.74, 6) is -6.21. The fraction of sp³-hybridized carbons (Fsp3) is 0.258. The number of carbonyl (C=O) groups excluding carboxylic acids is 5. The van der Waals surface area contributed by atoms with Crippen molar-refractivity contribution in [3.8, 4) is 11.5 Å². The van der Waals surface area contributed by atoms with E-state index in [0.29, 0.717) is 16.4 Å². The maximum Gasteiger partial charge on any atom is 0.352 e. The van der Waals surface area contributed by atoms with E-state index in [1.54, 1.807) is 6.92 Å². The van der Waals surface area contributed by atoms with Gasteiger partial charge in [-0.3, -0.25) is 44.9 Å². The first-order chi connectivity index (χ1) is 27.0. The predicted octanol–water partition coefficient (Wildman–Crippen LogP) is -0.507. The molecular weight excluding hydrogens is 813 g/mol. The smallest absolute Gasteiger partial charge is 0.352 e. The number of carboxylic acids is 1. The van der Waals surface area contributed by atoms with Crippen LogP contribution in [0.25, 0.3) is 5.78 Å². The molecule has 57 heavy (non-hydrogen) atoms. The number of nitrogens with two attached hydrogens (primary N) is 1. The summed E-state index contributed by atoms with van der Waals surface area (Å²) < 4.78 is 1.35. The number of phenolic OH excluding ortho intramolecular Hbond substituents is 2. The summed E-state index contributed by atoms with van der Waals surface area (Å²) >= 11 is 3.24. The van der Waals surface area contributed by atoms with Crippen molar-refractivity contribution in [1.29, 1.82) is 0 Å². The van der Waals surface area contributed by atoms with E-state index < -0.39 is 69.7 Å². The topological polar surface area (TPSA) is 338 Å². The molecule has 3 aromatic heterocycles. The van der Waals surface area contributed by atoms with Crippen molar-refractivity contribution in [3.63, 3.8) is 0 Å². The number of amides is 5. The Kier molecular flexibility index (Phi) is 11.2. The summed E-state index contributed by atoms with van der Waals surface area (Å²) in [7, 11) is 0. The second kappa shape index (κ2) is 15.9. The molecule has 23 nitrogen and oxygen atoms in total. The van der Waals surface area contributed by atoms with Gasteiger partial charge in [-0.1, -0.05) is 5.16 Å². The van der Waals surface area contributed by atoms with Crippen LogP contribution in [0.3, 0.4) is 0 Å². The third-order valence-corrected chi connectivity index (χ3v) is 11.2. The Labute approximate surface area is 331 Å². The van der Waals surface area contributed by atoms with Gasteiger partial charge in [-0.25, -0.2) is 20.2 Å². The van der Waals surface area contributed by atoms with E-state index in [9.17, 15) is 44.1 Å². The number of hydrogen-bond donors (Lipinski definition) is 9. The Bertz CT molecular complexity index is 2410. The Balaban J connectivity index is 1.15. The molecule has 2 aliphatic rings. The Morgan fingerprint density at radius 3 is 2.49 bits per heavy atom. The van der Waals surface area contributed by atoms with Crippen molar-refractivity contribution < 1.29 is 54.1 Å². The van der Waals surface area contributed by atoms with Crippen LogP contribution in [0.1, 0.15) is 46.2 Å². The monoisotopic (exact) mass is 842 g/mol. The van der Waals surface area contributed by atoms with Crippen LogP contribution in [0.5, 0.6) is 11.5 Å². The lowest BCUT2D eigenvalue weighted by molar-refractivity contribution is -0.150. The Morgan fingerprint density at radius 1 is 1.07 bits per heavy atom. The molecule has 1 aromatic carbocycles. The lowest BCUT2D eigenvalue weighted by atomic mass is 10.0. The maximum absolute atomic E-state index is 13.7. The zero-order valence-electron chi connectivity index (χ0n) is 29.5. The number of aryl methyl sites for hydroxylation is 1. The molecule has 4 aromatic rings.